The van der Waals surface area contributed by atoms with Crippen LogP contribution in [0.5, 0.6) is 0 Å². The topological polar surface area (TPSA) is 29.5 Å². The third-order valence-corrected chi connectivity index (χ3v) is 2.72. The highest BCUT2D eigenvalue weighted by Gasteiger charge is 2.21. The van der Waals surface area contributed by atoms with Gasteiger partial charge in [-0.1, -0.05) is 44.9 Å². The number of hydrogen-bond acceptors (Lipinski definition) is 2. The van der Waals surface area contributed by atoms with Crippen LogP contribution in [0.3, 0.4) is 0 Å². The van der Waals surface area contributed by atoms with Gasteiger partial charge in [-0.25, -0.2) is 4.79 Å². The van der Waals surface area contributed by atoms with E-state index < -0.39 is 5.60 Å². The summed E-state index contributed by atoms with van der Waals surface area (Å²) in [5.41, 5.74) is -0.467. The lowest BCUT2D eigenvalue weighted by Crippen LogP contribution is -2.37. The molecule has 0 atom stereocenters. The van der Waals surface area contributed by atoms with Crippen molar-refractivity contribution in [3.05, 3.63) is 0 Å². The van der Waals surface area contributed by atoms with Gasteiger partial charge in [0.25, 0.3) is 0 Å². The fraction of sp³-hybridized carbons (Fsp3) is 0.812. The number of hydrogen-bond donors (Lipinski definition) is 0. The molecule has 0 fully saturated rings. The molecule has 0 radical (unpaired) electrons. The van der Waals surface area contributed by atoms with E-state index in [0.29, 0.717) is 13.1 Å². The maximum absolute atomic E-state index is 11.9. The fourth-order valence-electron chi connectivity index (χ4n) is 1.75. The minimum Gasteiger partial charge on any atom is -0.444 e. The molecule has 0 aliphatic rings. The van der Waals surface area contributed by atoms with Gasteiger partial charge in [0, 0.05) is 6.54 Å². The van der Waals surface area contributed by atoms with E-state index >= 15 is 0 Å². The fourth-order valence-corrected chi connectivity index (χ4v) is 1.75. The SMILES string of the molecule is C#CCN(CCCCCCCC)C(=O)OC(C)(C)C. The van der Waals surface area contributed by atoms with E-state index in [0.717, 1.165) is 12.8 Å². The van der Waals surface area contributed by atoms with Crippen molar-refractivity contribution < 1.29 is 9.53 Å². The Hall–Kier alpha value is -1.17. The van der Waals surface area contributed by atoms with Crippen molar-refractivity contribution in [1.29, 1.82) is 0 Å². The minimum absolute atomic E-state index is 0.306. The Kier molecular flexibility index (Phi) is 9.12. The third-order valence-electron chi connectivity index (χ3n) is 2.72. The number of rotatable bonds is 8. The number of amides is 1. The Balaban J connectivity index is 3.99. The van der Waals surface area contributed by atoms with Gasteiger partial charge in [0.2, 0.25) is 0 Å². The van der Waals surface area contributed by atoms with Crippen molar-refractivity contribution in [2.75, 3.05) is 13.1 Å². The van der Waals surface area contributed by atoms with Crippen molar-refractivity contribution >= 4 is 6.09 Å². The highest BCUT2D eigenvalue weighted by molar-refractivity contribution is 5.68. The first-order valence-electron chi connectivity index (χ1n) is 7.32. The normalized spacial score (nSPS) is 10.9. The summed E-state index contributed by atoms with van der Waals surface area (Å²) >= 11 is 0. The summed E-state index contributed by atoms with van der Waals surface area (Å²) in [5, 5.41) is 0. The highest BCUT2D eigenvalue weighted by Crippen LogP contribution is 2.11. The summed E-state index contributed by atoms with van der Waals surface area (Å²) in [6, 6.07) is 0. The van der Waals surface area contributed by atoms with Gasteiger partial charge >= 0.3 is 6.09 Å². The van der Waals surface area contributed by atoms with Crippen molar-refractivity contribution in [3.63, 3.8) is 0 Å². The predicted octanol–water partition coefficient (Wildman–Crippen LogP) is 4.22. The second-order valence-electron chi connectivity index (χ2n) is 5.87. The van der Waals surface area contributed by atoms with Crippen molar-refractivity contribution in [1.82, 2.24) is 4.90 Å². The molecule has 0 aliphatic carbocycles. The van der Waals surface area contributed by atoms with Gasteiger partial charge < -0.3 is 4.74 Å². The molecule has 0 N–H and O–H groups in total. The first kappa shape index (κ1) is 17.8. The molecule has 0 aromatic carbocycles. The van der Waals surface area contributed by atoms with Crippen LogP contribution in [0.4, 0.5) is 4.79 Å². The van der Waals surface area contributed by atoms with Gasteiger partial charge in [0.1, 0.15) is 5.60 Å². The van der Waals surface area contributed by atoms with Gasteiger partial charge in [-0.15, -0.1) is 6.42 Å². The summed E-state index contributed by atoms with van der Waals surface area (Å²) < 4.78 is 5.34. The summed E-state index contributed by atoms with van der Waals surface area (Å²) in [7, 11) is 0. The molecule has 110 valence electrons. The van der Waals surface area contributed by atoms with E-state index in [4.69, 9.17) is 11.2 Å². The Labute approximate surface area is 118 Å². The molecule has 0 saturated carbocycles. The number of carbonyl (C=O) groups excluding carboxylic acids is 1. The number of nitrogens with zero attached hydrogens (tertiary/aromatic N) is 1. The first-order chi connectivity index (χ1) is 8.90. The molecule has 0 bridgehead atoms. The first-order valence-corrected chi connectivity index (χ1v) is 7.32. The molecule has 3 nitrogen and oxygen atoms in total. The van der Waals surface area contributed by atoms with E-state index in [9.17, 15) is 4.79 Å². The largest absolute Gasteiger partial charge is 0.444 e. The summed E-state index contributed by atoms with van der Waals surface area (Å²) in [4.78, 5) is 13.5. The van der Waals surface area contributed by atoms with Crippen LogP contribution in [0.2, 0.25) is 0 Å². The highest BCUT2D eigenvalue weighted by atomic mass is 16.6. The average Bonchev–Trinajstić information content (AvgIpc) is 2.30. The van der Waals surface area contributed by atoms with Crippen molar-refractivity contribution in [3.8, 4) is 12.3 Å². The maximum Gasteiger partial charge on any atom is 0.411 e. The van der Waals surface area contributed by atoms with Crippen molar-refractivity contribution in [2.24, 2.45) is 0 Å². The van der Waals surface area contributed by atoms with Crippen LogP contribution < -0.4 is 0 Å². The summed E-state index contributed by atoms with van der Waals surface area (Å²) in [5.74, 6) is 2.52. The molecule has 0 aromatic heterocycles. The van der Waals surface area contributed by atoms with E-state index in [1.165, 1.54) is 25.7 Å². The third kappa shape index (κ3) is 10.4. The molecule has 0 saturated heterocycles. The van der Waals surface area contributed by atoms with Crippen molar-refractivity contribution in [2.45, 2.75) is 71.8 Å². The standard InChI is InChI=1S/C16H29NO2/c1-6-8-9-10-11-12-14-17(13-7-2)15(18)19-16(3,4)5/h2H,6,8-14H2,1,3-5H3. The number of terminal acetylenes is 1. The Bertz CT molecular complexity index is 286. The lowest BCUT2D eigenvalue weighted by atomic mass is 10.1. The lowest BCUT2D eigenvalue weighted by molar-refractivity contribution is 0.0272. The summed E-state index contributed by atoms with van der Waals surface area (Å²) in [6.07, 6.45) is 12.2. The zero-order valence-electron chi connectivity index (χ0n) is 13.0. The molecule has 3 heteroatoms. The van der Waals surface area contributed by atoms with Gasteiger partial charge in [-0.05, 0) is 27.2 Å². The zero-order chi connectivity index (χ0) is 14.7. The second-order valence-corrected chi connectivity index (χ2v) is 5.87. The lowest BCUT2D eigenvalue weighted by Gasteiger charge is -2.26. The van der Waals surface area contributed by atoms with Gasteiger partial charge in [0.15, 0.2) is 0 Å². The predicted molar refractivity (Wildman–Crippen MR) is 80.0 cm³/mol. The Morgan fingerprint density at radius 2 is 1.74 bits per heavy atom. The molecule has 1 amide bonds. The van der Waals surface area contributed by atoms with Crippen LogP contribution in [0, 0.1) is 12.3 Å². The van der Waals surface area contributed by atoms with Crippen LogP contribution in [0.25, 0.3) is 0 Å². The van der Waals surface area contributed by atoms with Crippen LogP contribution >= 0.6 is 0 Å². The zero-order valence-corrected chi connectivity index (χ0v) is 13.0. The molecule has 0 rings (SSSR count). The Morgan fingerprint density at radius 1 is 1.16 bits per heavy atom. The van der Waals surface area contributed by atoms with Gasteiger partial charge in [-0.2, -0.15) is 0 Å². The van der Waals surface area contributed by atoms with Gasteiger partial charge in [-0.3, -0.25) is 4.90 Å². The maximum atomic E-state index is 11.9. The van der Waals surface area contributed by atoms with Crippen LogP contribution in [0.15, 0.2) is 0 Å². The quantitative estimate of drug-likeness (QED) is 0.487. The smallest absolute Gasteiger partial charge is 0.411 e. The molecule has 0 heterocycles. The number of unbranched alkanes of at least 4 members (excludes halogenated alkanes) is 5. The molecular formula is C16H29NO2. The second kappa shape index (κ2) is 9.72. The molecular weight excluding hydrogens is 238 g/mol. The molecule has 0 unspecified atom stereocenters. The van der Waals surface area contributed by atoms with Crippen LogP contribution in [-0.4, -0.2) is 29.7 Å². The van der Waals surface area contributed by atoms with E-state index in [1.54, 1.807) is 4.90 Å². The number of ether oxygens (including phenoxy) is 1. The van der Waals surface area contributed by atoms with E-state index in [-0.39, 0.29) is 6.09 Å². The molecule has 0 aromatic rings. The van der Waals surface area contributed by atoms with Crippen LogP contribution in [0.1, 0.15) is 66.2 Å². The molecule has 19 heavy (non-hydrogen) atoms. The average molecular weight is 267 g/mol. The number of carbonyl (C=O) groups is 1. The Morgan fingerprint density at radius 3 is 2.26 bits per heavy atom. The molecule has 0 spiro atoms. The molecule has 0 aliphatic heterocycles. The monoisotopic (exact) mass is 267 g/mol. The van der Waals surface area contributed by atoms with E-state index in [1.807, 2.05) is 20.8 Å². The summed E-state index contributed by atoms with van der Waals surface area (Å²) in [6.45, 7) is 8.81. The van der Waals surface area contributed by atoms with Gasteiger partial charge in [0.05, 0.1) is 6.54 Å². The van der Waals surface area contributed by atoms with Crippen LogP contribution in [-0.2, 0) is 4.74 Å². The minimum atomic E-state index is -0.467. The van der Waals surface area contributed by atoms with E-state index in [2.05, 4.69) is 12.8 Å².